The van der Waals surface area contributed by atoms with Crippen LogP contribution >= 0.6 is 11.6 Å². The first-order valence-electron chi connectivity index (χ1n) is 6.51. The Morgan fingerprint density at radius 3 is 2.42 bits per heavy atom. The van der Waals surface area contributed by atoms with E-state index in [-0.39, 0.29) is 5.84 Å². The van der Waals surface area contributed by atoms with Crippen LogP contribution in [0.5, 0.6) is 0 Å². The molecule has 2 unspecified atom stereocenters. The molecule has 1 aliphatic rings. The molecule has 104 valence electrons. The van der Waals surface area contributed by atoms with Crippen LogP contribution in [0.2, 0.25) is 5.02 Å². The molecule has 4 nitrogen and oxygen atoms in total. The van der Waals surface area contributed by atoms with E-state index in [1.54, 1.807) is 6.07 Å². The molecule has 0 aliphatic carbocycles. The third kappa shape index (κ3) is 2.85. The molecule has 0 spiro atoms. The fraction of sp³-hybridized carbons (Fsp3) is 0.500. The summed E-state index contributed by atoms with van der Waals surface area (Å²) in [6.45, 7) is 6.25. The van der Waals surface area contributed by atoms with E-state index >= 15 is 0 Å². The third-order valence-electron chi connectivity index (χ3n) is 3.95. The second-order valence-electron chi connectivity index (χ2n) is 5.34. The van der Waals surface area contributed by atoms with E-state index in [2.05, 4.69) is 30.7 Å². The molecule has 3 N–H and O–H groups in total. The molecule has 1 fully saturated rings. The Morgan fingerprint density at radius 1 is 1.32 bits per heavy atom. The number of piperazine rings is 1. The van der Waals surface area contributed by atoms with E-state index in [1.807, 2.05) is 12.1 Å². The molecule has 0 aromatic heterocycles. The highest BCUT2D eigenvalue weighted by Crippen LogP contribution is 2.28. The molecule has 0 saturated carbocycles. The molecule has 1 heterocycles. The summed E-state index contributed by atoms with van der Waals surface area (Å²) in [5, 5.41) is 8.38. The Balaban J connectivity index is 2.36. The highest BCUT2D eigenvalue weighted by atomic mass is 35.5. The van der Waals surface area contributed by atoms with Crippen molar-refractivity contribution in [3.63, 3.8) is 0 Å². The standard InChI is InChI=1S/C14H21ClN4/c1-9-7-19(8-10(2)18(9)3)13-6-11(15)4-5-12(13)14(16)17/h4-6,9-10H,7-8H2,1-3H3,(H3,16,17). The van der Waals surface area contributed by atoms with Crippen molar-refractivity contribution in [2.24, 2.45) is 5.73 Å². The van der Waals surface area contributed by atoms with Gasteiger partial charge >= 0.3 is 0 Å². The van der Waals surface area contributed by atoms with Gasteiger partial charge in [0.2, 0.25) is 0 Å². The van der Waals surface area contributed by atoms with Crippen LogP contribution in [0.3, 0.4) is 0 Å². The molecular weight excluding hydrogens is 260 g/mol. The number of amidine groups is 1. The van der Waals surface area contributed by atoms with Gasteiger partial charge in [-0.25, -0.2) is 0 Å². The van der Waals surface area contributed by atoms with Gasteiger partial charge in [-0.3, -0.25) is 10.3 Å². The fourth-order valence-electron chi connectivity index (χ4n) is 2.60. The molecular formula is C14H21ClN4. The minimum atomic E-state index is 0.0888. The molecule has 5 heteroatoms. The van der Waals surface area contributed by atoms with Gasteiger partial charge in [-0.2, -0.15) is 0 Å². The SMILES string of the molecule is CC1CN(c2cc(Cl)ccc2C(=N)N)CC(C)N1C. The Labute approximate surface area is 119 Å². The van der Waals surface area contributed by atoms with Gasteiger partial charge in [0.15, 0.2) is 0 Å². The number of rotatable bonds is 2. The maximum Gasteiger partial charge on any atom is 0.124 e. The van der Waals surface area contributed by atoms with E-state index < -0.39 is 0 Å². The zero-order chi connectivity index (χ0) is 14.2. The highest BCUT2D eigenvalue weighted by Gasteiger charge is 2.28. The number of hydrogen-bond donors (Lipinski definition) is 2. The summed E-state index contributed by atoms with van der Waals surface area (Å²) in [5.74, 6) is 0.0888. The van der Waals surface area contributed by atoms with Crippen molar-refractivity contribution in [1.29, 1.82) is 5.41 Å². The van der Waals surface area contributed by atoms with E-state index in [0.29, 0.717) is 17.1 Å². The Hall–Kier alpha value is -1.26. The smallest absolute Gasteiger partial charge is 0.124 e. The summed E-state index contributed by atoms with van der Waals surface area (Å²) < 4.78 is 0. The number of nitrogens with zero attached hydrogens (tertiary/aromatic N) is 2. The molecule has 0 bridgehead atoms. The third-order valence-corrected chi connectivity index (χ3v) is 4.19. The van der Waals surface area contributed by atoms with Crippen molar-refractivity contribution in [2.45, 2.75) is 25.9 Å². The van der Waals surface area contributed by atoms with Gasteiger partial charge < -0.3 is 10.6 Å². The van der Waals surface area contributed by atoms with Crippen molar-refractivity contribution in [3.05, 3.63) is 28.8 Å². The monoisotopic (exact) mass is 280 g/mol. The highest BCUT2D eigenvalue weighted by molar-refractivity contribution is 6.31. The number of nitrogens with one attached hydrogen (secondary N) is 1. The lowest BCUT2D eigenvalue weighted by Crippen LogP contribution is -2.55. The van der Waals surface area contributed by atoms with Crippen LogP contribution in [0.15, 0.2) is 18.2 Å². The average molecular weight is 281 g/mol. The van der Waals surface area contributed by atoms with Crippen molar-refractivity contribution >= 4 is 23.1 Å². The number of hydrogen-bond acceptors (Lipinski definition) is 3. The summed E-state index contributed by atoms with van der Waals surface area (Å²) in [6.07, 6.45) is 0. The number of anilines is 1. The van der Waals surface area contributed by atoms with E-state index in [9.17, 15) is 0 Å². The van der Waals surface area contributed by atoms with E-state index in [0.717, 1.165) is 24.3 Å². The fourth-order valence-corrected chi connectivity index (χ4v) is 2.76. The lowest BCUT2D eigenvalue weighted by atomic mass is 10.1. The second kappa shape index (κ2) is 5.39. The first-order valence-corrected chi connectivity index (χ1v) is 6.88. The second-order valence-corrected chi connectivity index (χ2v) is 5.78. The number of benzene rings is 1. The zero-order valence-corrected chi connectivity index (χ0v) is 12.4. The number of nitrogen functional groups attached to an aromatic ring is 1. The van der Waals surface area contributed by atoms with Gasteiger partial charge in [-0.1, -0.05) is 11.6 Å². The number of halogens is 1. The van der Waals surface area contributed by atoms with Gasteiger partial charge in [0.05, 0.1) is 0 Å². The Kier molecular flexibility index (Phi) is 4.02. The predicted octanol–water partition coefficient (Wildman–Crippen LogP) is 2.15. The van der Waals surface area contributed by atoms with Crippen molar-refractivity contribution in [2.75, 3.05) is 25.0 Å². The van der Waals surface area contributed by atoms with E-state index in [1.165, 1.54) is 0 Å². The average Bonchev–Trinajstić information content (AvgIpc) is 2.34. The summed E-state index contributed by atoms with van der Waals surface area (Å²) in [4.78, 5) is 4.65. The van der Waals surface area contributed by atoms with Gasteiger partial charge in [-0.05, 0) is 39.1 Å². The van der Waals surface area contributed by atoms with Crippen molar-refractivity contribution in [3.8, 4) is 0 Å². The van der Waals surface area contributed by atoms with Crippen LogP contribution in [0, 0.1) is 5.41 Å². The maximum atomic E-state index is 7.70. The molecule has 1 saturated heterocycles. The van der Waals surface area contributed by atoms with Crippen molar-refractivity contribution in [1.82, 2.24) is 4.90 Å². The van der Waals surface area contributed by atoms with E-state index in [4.69, 9.17) is 22.7 Å². The summed E-state index contributed by atoms with van der Waals surface area (Å²) in [6, 6.07) is 6.44. The minimum Gasteiger partial charge on any atom is -0.384 e. The van der Waals surface area contributed by atoms with Gasteiger partial charge in [0.1, 0.15) is 5.84 Å². The molecule has 1 aliphatic heterocycles. The summed E-state index contributed by atoms with van der Waals surface area (Å²) >= 11 is 6.09. The predicted molar refractivity (Wildman–Crippen MR) is 81.4 cm³/mol. The molecule has 1 aromatic carbocycles. The molecule has 2 atom stereocenters. The van der Waals surface area contributed by atoms with Crippen LogP contribution in [0.1, 0.15) is 19.4 Å². The molecule has 0 amide bonds. The number of nitrogens with two attached hydrogens (primary N) is 1. The van der Waals surface area contributed by atoms with Crippen LogP contribution in [0.4, 0.5) is 5.69 Å². The van der Waals surface area contributed by atoms with Crippen LogP contribution in [-0.2, 0) is 0 Å². The normalized spacial score (nSPS) is 24.5. The molecule has 0 radical (unpaired) electrons. The maximum absolute atomic E-state index is 7.70. The van der Waals surface area contributed by atoms with Crippen molar-refractivity contribution < 1.29 is 0 Å². The largest absolute Gasteiger partial charge is 0.384 e. The van der Waals surface area contributed by atoms with Crippen LogP contribution in [-0.4, -0.2) is 43.0 Å². The summed E-state index contributed by atoms with van der Waals surface area (Å²) in [7, 11) is 2.15. The molecule has 1 aromatic rings. The minimum absolute atomic E-state index is 0.0888. The molecule has 19 heavy (non-hydrogen) atoms. The first-order chi connectivity index (χ1) is 8.90. The molecule has 2 rings (SSSR count). The van der Waals surface area contributed by atoms with Crippen LogP contribution < -0.4 is 10.6 Å². The first kappa shape index (κ1) is 14.2. The quantitative estimate of drug-likeness (QED) is 0.645. The topological polar surface area (TPSA) is 56.4 Å². The number of likely N-dealkylation sites (N-methyl/N-ethyl adjacent to an activating group) is 1. The Bertz CT molecular complexity index is 476. The zero-order valence-electron chi connectivity index (χ0n) is 11.7. The van der Waals surface area contributed by atoms with Gasteiger partial charge in [0, 0.05) is 41.4 Å². The summed E-state index contributed by atoms with van der Waals surface area (Å²) in [5.41, 5.74) is 7.39. The van der Waals surface area contributed by atoms with Gasteiger partial charge in [-0.15, -0.1) is 0 Å². The Morgan fingerprint density at radius 2 is 1.89 bits per heavy atom. The van der Waals surface area contributed by atoms with Crippen LogP contribution in [0.25, 0.3) is 0 Å². The lowest BCUT2D eigenvalue weighted by Gasteiger charge is -2.44. The van der Waals surface area contributed by atoms with Gasteiger partial charge in [0.25, 0.3) is 0 Å². The lowest BCUT2D eigenvalue weighted by molar-refractivity contribution is 0.170.